The molecule has 4 rings (SSSR count). The van der Waals surface area contributed by atoms with Gasteiger partial charge in [-0.1, -0.05) is 48.5 Å². The van der Waals surface area contributed by atoms with Gasteiger partial charge in [-0.25, -0.2) is 4.39 Å². The van der Waals surface area contributed by atoms with E-state index in [0.717, 1.165) is 5.69 Å². The van der Waals surface area contributed by atoms with Crippen molar-refractivity contribution in [2.75, 3.05) is 24.7 Å². The first-order valence-electron chi connectivity index (χ1n) is 10.6. The molecule has 2 aliphatic rings. The van der Waals surface area contributed by atoms with Crippen LogP contribution in [-0.2, 0) is 4.79 Å². The van der Waals surface area contributed by atoms with Crippen LogP contribution in [0.3, 0.4) is 0 Å². The molecule has 176 valence electrons. The van der Waals surface area contributed by atoms with E-state index in [9.17, 15) is 19.7 Å². The lowest BCUT2D eigenvalue weighted by atomic mass is 9.85. The van der Waals surface area contributed by atoms with E-state index in [1.807, 2.05) is 35.2 Å². The molecule has 0 saturated carbocycles. The number of alkyl halides is 1. The van der Waals surface area contributed by atoms with Gasteiger partial charge in [0.15, 0.2) is 6.30 Å². The third-order valence-corrected chi connectivity index (χ3v) is 6.46. The van der Waals surface area contributed by atoms with Crippen LogP contribution >= 0.6 is 12.4 Å². The summed E-state index contributed by atoms with van der Waals surface area (Å²) in [6.07, 6.45) is -1.39. The van der Waals surface area contributed by atoms with Crippen molar-refractivity contribution in [3.05, 3.63) is 76.3 Å². The number of rotatable bonds is 7. The van der Waals surface area contributed by atoms with Crippen LogP contribution in [0.2, 0.25) is 0 Å². The van der Waals surface area contributed by atoms with E-state index in [-0.39, 0.29) is 37.0 Å². The number of hydrogen-bond donors (Lipinski definition) is 1. The zero-order chi connectivity index (χ0) is 22.7. The highest BCUT2D eigenvalue weighted by Gasteiger charge is 2.51. The van der Waals surface area contributed by atoms with Crippen LogP contribution in [0, 0.1) is 10.1 Å². The zero-order valence-corrected chi connectivity index (χ0v) is 18.7. The van der Waals surface area contributed by atoms with Gasteiger partial charge in [-0.2, -0.15) is 0 Å². The molecule has 1 spiro atoms. The minimum Gasteiger partial charge on any atom is -0.339 e. The van der Waals surface area contributed by atoms with Crippen molar-refractivity contribution >= 4 is 29.8 Å². The maximum atomic E-state index is 15.1. The van der Waals surface area contributed by atoms with Crippen molar-refractivity contribution in [3.63, 3.8) is 0 Å². The van der Waals surface area contributed by atoms with Gasteiger partial charge in [0.2, 0.25) is 11.7 Å². The molecule has 2 unspecified atom stereocenters. The minimum atomic E-state index is -1.65. The Kier molecular flexibility index (Phi) is 7.65. The molecule has 0 aliphatic carbocycles. The number of anilines is 1. The molecule has 2 aromatic rings. The van der Waals surface area contributed by atoms with Crippen molar-refractivity contribution in [1.82, 2.24) is 10.2 Å². The molecule has 2 aromatic carbocycles. The summed E-state index contributed by atoms with van der Waals surface area (Å²) in [7, 11) is 0. The predicted octanol–water partition coefficient (Wildman–Crippen LogP) is 3.05. The molecule has 0 aromatic heterocycles. The summed E-state index contributed by atoms with van der Waals surface area (Å²) in [4.78, 5) is 39.6. The van der Waals surface area contributed by atoms with Crippen LogP contribution in [-0.4, -0.2) is 59.1 Å². The Labute approximate surface area is 197 Å². The topological polar surface area (TPSA) is 95.8 Å². The number of hydrogen-bond acceptors (Lipinski definition) is 6. The molecule has 2 atom stereocenters. The zero-order valence-electron chi connectivity index (χ0n) is 17.9. The molecule has 33 heavy (non-hydrogen) atoms. The van der Waals surface area contributed by atoms with Crippen molar-refractivity contribution in [2.24, 2.45) is 0 Å². The fourth-order valence-corrected chi connectivity index (χ4v) is 4.62. The number of amides is 1. The predicted molar refractivity (Wildman–Crippen MR) is 124 cm³/mol. The summed E-state index contributed by atoms with van der Waals surface area (Å²) in [5.74, 6) is -0.781. The first-order valence-corrected chi connectivity index (χ1v) is 10.6. The van der Waals surface area contributed by atoms with E-state index in [1.165, 1.54) is 17.0 Å². The van der Waals surface area contributed by atoms with Gasteiger partial charge in [0.25, 0.3) is 6.04 Å². The van der Waals surface area contributed by atoms with Crippen molar-refractivity contribution < 1.29 is 18.9 Å². The number of carbonyl (C=O) groups is 2. The van der Waals surface area contributed by atoms with Gasteiger partial charge in [-0.05, 0) is 25.0 Å². The van der Waals surface area contributed by atoms with E-state index in [0.29, 0.717) is 19.5 Å². The van der Waals surface area contributed by atoms with Gasteiger partial charge in [0.1, 0.15) is 5.54 Å². The van der Waals surface area contributed by atoms with Gasteiger partial charge < -0.3 is 10.2 Å². The average molecular weight is 477 g/mol. The smallest absolute Gasteiger partial charge is 0.278 e. The highest BCUT2D eigenvalue weighted by molar-refractivity contribution is 5.99. The van der Waals surface area contributed by atoms with Crippen LogP contribution in [0.1, 0.15) is 29.6 Å². The number of likely N-dealkylation sites (tertiary alicyclic amines) is 1. The van der Waals surface area contributed by atoms with Gasteiger partial charge in [0, 0.05) is 29.3 Å². The first-order chi connectivity index (χ1) is 15.4. The normalized spacial score (nSPS) is 19.4. The number of nitrogens with zero attached hydrogens (tertiary/aromatic N) is 3. The lowest BCUT2D eigenvalue weighted by molar-refractivity contribution is -0.508. The second kappa shape index (κ2) is 10.3. The molecule has 2 fully saturated rings. The average Bonchev–Trinajstić information content (AvgIpc) is 3.13. The molecule has 2 heterocycles. The molecule has 1 amide bonds. The van der Waals surface area contributed by atoms with E-state index in [1.54, 1.807) is 18.2 Å². The Morgan fingerprint density at radius 3 is 2.24 bits per heavy atom. The van der Waals surface area contributed by atoms with Crippen molar-refractivity contribution in [3.8, 4) is 0 Å². The Hall–Kier alpha value is -3.04. The molecule has 2 saturated heterocycles. The fourth-order valence-electron chi connectivity index (χ4n) is 4.62. The van der Waals surface area contributed by atoms with Gasteiger partial charge in [0.05, 0.1) is 13.1 Å². The van der Waals surface area contributed by atoms with E-state index in [4.69, 9.17) is 0 Å². The van der Waals surface area contributed by atoms with E-state index >= 15 is 4.39 Å². The van der Waals surface area contributed by atoms with Crippen LogP contribution in [0.15, 0.2) is 60.7 Å². The maximum Gasteiger partial charge on any atom is 0.278 e. The standard InChI is InChI=1S/C23H25FN4O4.ClH/c24-20(15-19(28(31)32)21(29)17-7-3-1-4-8-17)26-13-11-23(12-14-26)22(30)25-16-27(23)18-9-5-2-6-10-18;/h1-10,19-20H,11-16H2,(H,25,30);1H. The first kappa shape index (κ1) is 24.6. The second-order valence-corrected chi connectivity index (χ2v) is 8.20. The monoisotopic (exact) mass is 476 g/mol. The van der Waals surface area contributed by atoms with Gasteiger partial charge in [-0.3, -0.25) is 24.6 Å². The molecule has 8 nitrogen and oxygen atoms in total. The number of piperidine rings is 1. The summed E-state index contributed by atoms with van der Waals surface area (Å²) in [6, 6.07) is 15.9. The van der Waals surface area contributed by atoms with Gasteiger partial charge >= 0.3 is 0 Å². The summed E-state index contributed by atoms with van der Waals surface area (Å²) in [5, 5.41) is 14.4. The highest BCUT2D eigenvalue weighted by Crippen LogP contribution is 2.37. The molecular formula is C23H26ClFN4O4. The Bertz CT molecular complexity index is 986. The second-order valence-electron chi connectivity index (χ2n) is 8.20. The number of para-hydroxylation sites is 1. The SMILES string of the molecule is Cl.O=C(c1ccccc1)C(CC(F)N1CCC2(CC1)C(=O)NCN2c1ccccc1)[N+](=O)[O-]. The van der Waals surface area contributed by atoms with Gasteiger partial charge in [-0.15, -0.1) is 12.4 Å². The lowest BCUT2D eigenvalue weighted by Crippen LogP contribution is -2.57. The fraction of sp³-hybridized carbons (Fsp3) is 0.391. The largest absolute Gasteiger partial charge is 0.339 e. The van der Waals surface area contributed by atoms with E-state index < -0.39 is 35.0 Å². The summed E-state index contributed by atoms with van der Waals surface area (Å²) in [5.41, 5.74) is 0.345. The summed E-state index contributed by atoms with van der Waals surface area (Å²) >= 11 is 0. The van der Waals surface area contributed by atoms with Crippen LogP contribution < -0.4 is 10.2 Å². The molecule has 2 aliphatic heterocycles. The minimum absolute atomic E-state index is 0. The Morgan fingerprint density at radius 1 is 1.09 bits per heavy atom. The Morgan fingerprint density at radius 2 is 1.67 bits per heavy atom. The quantitative estimate of drug-likeness (QED) is 0.285. The third-order valence-electron chi connectivity index (χ3n) is 6.46. The number of benzene rings is 2. The number of ketones is 1. The Balaban J connectivity index is 0.00000306. The van der Waals surface area contributed by atoms with Crippen LogP contribution in [0.5, 0.6) is 0 Å². The highest BCUT2D eigenvalue weighted by atomic mass is 35.5. The molecular weight excluding hydrogens is 451 g/mol. The molecule has 1 N–H and O–H groups in total. The molecule has 0 radical (unpaired) electrons. The number of nitrogens with one attached hydrogen (secondary N) is 1. The molecule has 0 bridgehead atoms. The summed E-state index contributed by atoms with van der Waals surface area (Å²) in [6.45, 7) is 0.917. The number of Topliss-reactive ketones (excluding diaryl/α,β-unsaturated/α-hetero) is 1. The summed E-state index contributed by atoms with van der Waals surface area (Å²) < 4.78 is 15.1. The van der Waals surface area contributed by atoms with Crippen molar-refractivity contribution in [1.29, 1.82) is 0 Å². The maximum absolute atomic E-state index is 15.1. The van der Waals surface area contributed by atoms with E-state index in [2.05, 4.69) is 5.32 Å². The number of nitro groups is 1. The number of halogens is 2. The van der Waals surface area contributed by atoms with Crippen LogP contribution in [0.25, 0.3) is 0 Å². The molecule has 10 heteroatoms. The third kappa shape index (κ3) is 4.84. The van der Waals surface area contributed by atoms with Crippen molar-refractivity contribution in [2.45, 2.75) is 37.1 Å². The lowest BCUT2D eigenvalue weighted by Gasteiger charge is -2.44. The van der Waals surface area contributed by atoms with Crippen LogP contribution in [0.4, 0.5) is 10.1 Å². The number of carbonyl (C=O) groups excluding carboxylic acids is 2.